The van der Waals surface area contributed by atoms with Gasteiger partial charge < -0.3 is 15.3 Å². The molecule has 2 N–H and O–H groups in total. The van der Waals surface area contributed by atoms with Crippen LogP contribution in [-0.4, -0.2) is 53.8 Å². The number of carbonyl (C=O) groups excluding carboxylic acids is 1. The van der Waals surface area contributed by atoms with E-state index in [4.69, 9.17) is 10.1 Å². The molecule has 176 valence electrons. The van der Waals surface area contributed by atoms with Crippen molar-refractivity contribution in [1.29, 1.82) is 0 Å². The first-order chi connectivity index (χ1) is 16.1. The average molecular weight is 449 g/mol. The number of aliphatic imine (C=N–C) groups is 2. The molecule has 2 fully saturated rings. The van der Waals surface area contributed by atoms with Crippen molar-refractivity contribution in [1.82, 2.24) is 10.2 Å². The topological polar surface area (TPSA) is 77.3 Å². The first-order valence-corrected chi connectivity index (χ1v) is 11.9. The Balaban J connectivity index is 1.66. The van der Waals surface area contributed by atoms with Crippen molar-refractivity contribution in [3.05, 3.63) is 73.1 Å². The minimum atomic E-state index is 0.0286. The van der Waals surface area contributed by atoms with Crippen molar-refractivity contribution in [3.8, 4) is 0 Å². The smallest absolute Gasteiger partial charge is 0.223 e. The predicted octanol–water partition coefficient (Wildman–Crippen LogP) is 4.67. The molecule has 0 aromatic rings. The van der Waals surface area contributed by atoms with Gasteiger partial charge in [-0.1, -0.05) is 62.1 Å². The highest BCUT2D eigenvalue weighted by atomic mass is 16.3. The minimum Gasteiger partial charge on any atom is -0.509 e. The molecule has 3 aliphatic rings. The Kier molecular flexibility index (Phi) is 9.48. The fourth-order valence-electron chi connectivity index (χ4n) is 4.14. The van der Waals surface area contributed by atoms with E-state index >= 15 is 0 Å². The highest BCUT2D eigenvalue weighted by Crippen LogP contribution is 2.26. The predicted molar refractivity (Wildman–Crippen MR) is 136 cm³/mol. The Hall–Kier alpha value is -3.15. The van der Waals surface area contributed by atoms with Gasteiger partial charge >= 0.3 is 0 Å². The molecule has 1 unspecified atom stereocenters. The van der Waals surface area contributed by atoms with Crippen molar-refractivity contribution in [3.63, 3.8) is 0 Å². The first-order valence-electron chi connectivity index (χ1n) is 11.9. The SMILES string of the molecule is C=C/C=C\C=C1/CN=C(C/C=C\C=C/C(=C)O)N=C1N1CCCC(CNC(=O)C2CCC2)C1. The van der Waals surface area contributed by atoms with Crippen LogP contribution in [0.2, 0.25) is 0 Å². The van der Waals surface area contributed by atoms with Gasteiger partial charge in [0.2, 0.25) is 5.91 Å². The molecule has 2 heterocycles. The normalized spacial score (nSPS) is 23.1. The summed E-state index contributed by atoms with van der Waals surface area (Å²) < 4.78 is 0. The quantitative estimate of drug-likeness (QED) is 0.398. The van der Waals surface area contributed by atoms with E-state index in [0.717, 1.165) is 62.6 Å². The largest absolute Gasteiger partial charge is 0.509 e. The zero-order valence-corrected chi connectivity index (χ0v) is 19.5. The van der Waals surface area contributed by atoms with Crippen molar-refractivity contribution in [2.24, 2.45) is 21.8 Å². The van der Waals surface area contributed by atoms with Gasteiger partial charge in [0, 0.05) is 37.5 Å². The second-order valence-electron chi connectivity index (χ2n) is 8.79. The van der Waals surface area contributed by atoms with Gasteiger partial charge in [-0.25, -0.2) is 4.99 Å². The van der Waals surface area contributed by atoms with Gasteiger partial charge in [0.05, 0.1) is 6.54 Å². The van der Waals surface area contributed by atoms with Crippen molar-refractivity contribution < 1.29 is 9.90 Å². The minimum absolute atomic E-state index is 0.0286. The van der Waals surface area contributed by atoms with Gasteiger partial charge in [0.15, 0.2) is 0 Å². The zero-order valence-electron chi connectivity index (χ0n) is 19.5. The average Bonchev–Trinajstić information content (AvgIpc) is 2.77. The van der Waals surface area contributed by atoms with Gasteiger partial charge in [-0.3, -0.25) is 9.79 Å². The van der Waals surface area contributed by atoms with Crippen LogP contribution in [0.1, 0.15) is 38.5 Å². The van der Waals surface area contributed by atoms with E-state index in [1.54, 1.807) is 12.2 Å². The maximum absolute atomic E-state index is 12.3. The van der Waals surface area contributed by atoms with Gasteiger partial charge in [-0.05, 0) is 37.7 Å². The van der Waals surface area contributed by atoms with Crippen LogP contribution in [0.15, 0.2) is 83.1 Å². The monoisotopic (exact) mass is 448 g/mol. The van der Waals surface area contributed by atoms with Crippen molar-refractivity contribution >= 4 is 17.6 Å². The fraction of sp³-hybridized carbons (Fsp3) is 0.444. The maximum atomic E-state index is 12.3. The summed E-state index contributed by atoms with van der Waals surface area (Å²) in [5, 5.41) is 12.3. The number of rotatable bonds is 9. The van der Waals surface area contributed by atoms with Crippen LogP contribution < -0.4 is 5.32 Å². The summed E-state index contributed by atoms with van der Waals surface area (Å²) in [6, 6.07) is 0. The first kappa shape index (κ1) is 24.5. The number of amidine groups is 2. The summed E-state index contributed by atoms with van der Waals surface area (Å²) in [6.45, 7) is 10.3. The lowest BCUT2D eigenvalue weighted by Gasteiger charge is -2.37. The molecule has 1 saturated carbocycles. The molecular weight excluding hydrogens is 412 g/mol. The van der Waals surface area contributed by atoms with E-state index in [-0.39, 0.29) is 17.6 Å². The van der Waals surface area contributed by atoms with E-state index < -0.39 is 0 Å². The van der Waals surface area contributed by atoms with Crippen LogP contribution in [0.25, 0.3) is 0 Å². The number of piperidine rings is 1. The Morgan fingerprint density at radius 2 is 2.03 bits per heavy atom. The number of allylic oxidation sites excluding steroid dienone is 7. The van der Waals surface area contributed by atoms with Gasteiger partial charge in [0.25, 0.3) is 0 Å². The van der Waals surface area contributed by atoms with Crippen LogP contribution >= 0.6 is 0 Å². The molecule has 0 aromatic carbocycles. The maximum Gasteiger partial charge on any atom is 0.223 e. The van der Waals surface area contributed by atoms with Crippen LogP contribution in [-0.2, 0) is 4.79 Å². The number of nitrogens with one attached hydrogen (secondary N) is 1. The number of nitrogens with zero attached hydrogens (tertiary/aromatic N) is 3. The highest BCUT2D eigenvalue weighted by Gasteiger charge is 2.28. The van der Waals surface area contributed by atoms with Gasteiger partial charge in [-0.2, -0.15) is 0 Å². The number of aliphatic hydroxyl groups is 1. The standard InChI is InChI=1S/C27H36N4O2/c1-3-4-6-13-24-19-28-25(16-8-5-7-11-21(2)32)30-26(24)31-17-10-12-22(20-31)18-29-27(33)23-14-9-15-23/h3-8,11,13,22-23,32H,1-2,9-10,12,14-20H2,(H,29,33)/b6-4-,8-5-,11-7-,24-13+. The Morgan fingerprint density at radius 1 is 1.18 bits per heavy atom. The van der Waals surface area contributed by atoms with Gasteiger partial charge in [0.1, 0.15) is 17.4 Å². The molecule has 3 rings (SSSR count). The summed E-state index contributed by atoms with van der Waals surface area (Å²) in [5.41, 5.74) is 1.09. The molecule has 0 radical (unpaired) electrons. The fourth-order valence-corrected chi connectivity index (χ4v) is 4.14. The third-order valence-electron chi connectivity index (χ3n) is 6.19. The molecular formula is C27H36N4O2. The number of carbonyl (C=O) groups is 1. The zero-order chi connectivity index (χ0) is 23.5. The summed E-state index contributed by atoms with van der Waals surface area (Å²) in [6.07, 6.45) is 20.9. The third-order valence-corrected chi connectivity index (χ3v) is 6.19. The van der Waals surface area contributed by atoms with E-state index in [0.29, 0.717) is 18.9 Å². The molecule has 1 atom stereocenters. The van der Waals surface area contributed by atoms with E-state index in [1.165, 1.54) is 12.5 Å². The molecule has 0 aromatic heterocycles. The number of hydrogen-bond acceptors (Lipinski definition) is 5. The Labute approximate surface area is 197 Å². The van der Waals surface area contributed by atoms with Crippen LogP contribution in [0, 0.1) is 11.8 Å². The van der Waals surface area contributed by atoms with E-state index in [2.05, 4.69) is 34.4 Å². The van der Waals surface area contributed by atoms with Crippen molar-refractivity contribution in [2.45, 2.75) is 38.5 Å². The van der Waals surface area contributed by atoms with E-state index in [1.807, 2.05) is 24.3 Å². The van der Waals surface area contributed by atoms with Gasteiger partial charge in [-0.15, -0.1) is 0 Å². The lowest BCUT2D eigenvalue weighted by atomic mass is 9.84. The lowest BCUT2D eigenvalue weighted by molar-refractivity contribution is -0.127. The second kappa shape index (κ2) is 12.8. The summed E-state index contributed by atoms with van der Waals surface area (Å²) in [7, 11) is 0. The van der Waals surface area contributed by atoms with Crippen LogP contribution in [0.4, 0.5) is 0 Å². The summed E-state index contributed by atoms with van der Waals surface area (Å²) in [5.74, 6) is 2.69. The number of amides is 1. The molecule has 1 amide bonds. The Bertz CT molecular complexity index is 903. The molecule has 33 heavy (non-hydrogen) atoms. The van der Waals surface area contributed by atoms with E-state index in [9.17, 15) is 4.79 Å². The lowest BCUT2D eigenvalue weighted by Crippen LogP contribution is -2.46. The number of hydrogen-bond donors (Lipinski definition) is 2. The summed E-state index contributed by atoms with van der Waals surface area (Å²) in [4.78, 5) is 24.2. The molecule has 1 aliphatic carbocycles. The molecule has 0 bridgehead atoms. The third kappa shape index (κ3) is 7.74. The Morgan fingerprint density at radius 3 is 2.76 bits per heavy atom. The molecule has 6 nitrogen and oxygen atoms in total. The molecule has 1 saturated heterocycles. The van der Waals surface area contributed by atoms with Crippen molar-refractivity contribution in [2.75, 3.05) is 26.2 Å². The molecule has 0 spiro atoms. The number of aliphatic hydroxyl groups excluding tert-OH is 1. The summed E-state index contributed by atoms with van der Waals surface area (Å²) >= 11 is 0. The molecule has 6 heteroatoms. The van der Waals surface area contributed by atoms with Crippen LogP contribution in [0.3, 0.4) is 0 Å². The highest BCUT2D eigenvalue weighted by molar-refractivity contribution is 6.08. The second-order valence-corrected chi connectivity index (χ2v) is 8.79. The number of likely N-dealkylation sites (tertiary alicyclic amines) is 1. The molecule has 2 aliphatic heterocycles. The van der Waals surface area contributed by atoms with Crippen LogP contribution in [0.5, 0.6) is 0 Å².